The molecule has 2 rings (SSSR count). The molecule has 0 radical (unpaired) electrons. The predicted octanol–water partition coefficient (Wildman–Crippen LogP) is 0.954. The van der Waals surface area contributed by atoms with Crippen LogP contribution in [0.2, 0.25) is 0 Å². The average molecular weight is 259 g/mol. The molecule has 0 amide bonds. The molecule has 0 unspecified atom stereocenters. The average Bonchev–Trinajstić information content (AvgIpc) is 2.94. The van der Waals surface area contributed by atoms with Crippen molar-refractivity contribution in [3.63, 3.8) is 0 Å². The summed E-state index contributed by atoms with van der Waals surface area (Å²) in [5, 5.41) is 0. The van der Waals surface area contributed by atoms with Crippen LogP contribution < -0.4 is 11.5 Å². The number of aliphatic imine (C=N–C) groups is 2. The van der Waals surface area contributed by atoms with E-state index in [-0.39, 0.29) is 5.96 Å². The lowest BCUT2D eigenvalue weighted by molar-refractivity contribution is 0.514. The molecule has 0 spiro atoms. The van der Waals surface area contributed by atoms with E-state index in [4.69, 9.17) is 11.5 Å². The highest BCUT2D eigenvalue weighted by molar-refractivity contribution is 5.93. The minimum atomic E-state index is 0.264. The van der Waals surface area contributed by atoms with Crippen LogP contribution in [0.3, 0.4) is 0 Å². The first-order valence-electron chi connectivity index (χ1n) is 6.68. The van der Waals surface area contributed by atoms with Gasteiger partial charge >= 0.3 is 0 Å². The van der Waals surface area contributed by atoms with Crippen molar-refractivity contribution in [1.82, 2.24) is 4.90 Å². The summed E-state index contributed by atoms with van der Waals surface area (Å²) in [7, 11) is 0. The van der Waals surface area contributed by atoms with Crippen LogP contribution in [0.1, 0.15) is 18.4 Å². The summed E-state index contributed by atoms with van der Waals surface area (Å²) in [6.07, 6.45) is 3.20. The third-order valence-electron chi connectivity index (χ3n) is 3.18. The van der Waals surface area contributed by atoms with E-state index >= 15 is 0 Å². The summed E-state index contributed by atoms with van der Waals surface area (Å²) in [5.41, 5.74) is 12.9. The summed E-state index contributed by atoms with van der Waals surface area (Å²) in [4.78, 5) is 10.4. The zero-order valence-electron chi connectivity index (χ0n) is 11.1. The van der Waals surface area contributed by atoms with Crippen LogP contribution >= 0.6 is 0 Å². The van der Waals surface area contributed by atoms with Gasteiger partial charge in [0.25, 0.3) is 0 Å². The van der Waals surface area contributed by atoms with Crippen molar-refractivity contribution in [3.8, 4) is 0 Å². The van der Waals surface area contributed by atoms with Gasteiger partial charge in [0, 0.05) is 19.6 Å². The minimum Gasteiger partial charge on any atom is -0.369 e. The van der Waals surface area contributed by atoms with Crippen LogP contribution in [0.4, 0.5) is 0 Å². The van der Waals surface area contributed by atoms with Crippen molar-refractivity contribution >= 4 is 11.9 Å². The van der Waals surface area contributed by atoms with E-state index < -0.39 is 0 Å². The monoisotopic (exact) mass is 259 g/mol. The lowest BCUT2D eigenvalue weighted by Gasteiger charge is -2.15. The molecule has 4 N–H and O–H groups in total. The highest BCUT2D eigenvalue weighted by atomic mass is 15.3. The van der Waals surface area contributed by atoms with Gasteiger partial charge in [-0.3, -0.25) is 4.99 Å². The van der Waals surface area contributed by atoms with Gasteiger partial charge in [0.15, 0.2) is 5.96 Å². The van der Waals surface area contributed by atoms with E-state index in [1.54, 1.807) is 0 Å². The maximum absolute atomic E-state index is 5.88. The van der Waals surface area contributed by atoms with Gasteiger partial charge in [-0.2, -0.15) is 4.99 Å². The molecule has 0 atom stereocenters. The van der Waals surface area contributed by atoms with Gasteiger partial charge in [-0.1, -0.05) is 30.3 Å². The zero-order chi connectivity index (χ0) is 13.5. The first-order valence-corrected chi connectivity index (χ1v) is 6.68. The third kappa shape index (κ3) is 4.28. The van der Waals surface area contributed by atoms with Crippen LogP contribution in [0.25, 0.3) is 0 Å². The Labute approximate surface area is 114 Å². The Balaban J connectivity index is 1.83. The maximum Gasteiger partial charge on any atom is 0.218 e. The molecular weight excluding hydrogens is 238 g/mol. The second-order valence-electron chi connectivity index (χ2n) is 4.64. The first-order chi connectivity index (χ1) is 9.25. The third-order valence-corrected chi connectivity index (χ3v) is 3.18. The van der Waals surface area contributed by atoms with Crippen molar-refractivity contribution in [2.24, 2.45) is 21.5 Å². The number of hydrogen-bond acceptors (Lipinski definition) is 1. The molecule has 1 aliphatic rings. The number of nitrogens with two attached hydrogens (primary N) is 2. The van der Waals surface area contributed by atoms with E-state index in [0.29, 0.717) is 12.5 Å². The lowest BCUT2D eigenvalue weighted by atomic mass is 10.2. The topological polar surface area (TPSA) is 80.0 Å². The van der Waals surface area contributed by atoms with Gasteiger partial charge in [0.1, 0.15) is 0 Å². The zero-order valence-corrected chi connectivity index (χ0v) is 11.1. The molecule has 1 heterocycles. The van der Waals surface area contributed by atoms with Gasteiger partial charge in [-0.15, -0.1) is 0 Å². The fourth-order valence-electron chi connectivity index (χ4n) is 2.11. The fraction of sp³-hybridized carbons (Fsp3) is 0.429. The predicted molar refractivity (Wildman–Crippen MR) is 79.1 cm³/mol. The summed E-state index contributed by atoms with van der Waals surface area (Å²) >= 11 is 0. The van der Waals surface area contributed by atoms with Crippen LogP contribution in [0.5, 0.6) is 0 Å². The Morgan fingerprint density at radius 3 is 2.47 bits per heavy atom. The van der Waals surface area contributed by atoms with Gasteiger partial charge in [0.05, 0.1) is 0 Å². The molecule has 1 aromatic rings. The Bertz CT molecular complexity index is 446. The van der Waals surface area contributed by atoms with Gasteiger partial charge in [0.2, 0.25) is 5.96 Å². The van der Waals surface area contributed by atoms with Crippen molar-refractivity contribution in [3.05, 3.63) is 35.9 Å². The number of nitrogens with zero attached hydrogens (tertiary/aromatic N) is 3. The molecule has 0 bridgehead atoms. The van der Waals surface area contributed by atoms with Gasteiger partial charge < -0.3 is 16.4 Å². The second-order valence-corrected chi connectivity index (χ2v) is 4.64. The van der Waals surface area contributed by atoms with Crippen molar-refractivity contribution in [1.29, 1.82) is 0 Å². The van der Waals surface area contributed by atoms with E-state index in [2.05, 4.69) is 22.1 Å². The van der Waals surface area contributed by atoms with Crippen molar-refractivity contribution in [2.45, 2.75) is 19.3 Å². The van der Waals surface area contributed by atoms with E-state index in [9.17, 15) is 0 Å². The molecule has 102 valence electrons. The Morgan fingerprint density at radius 1 is 1.11 bits per heavy atom. The number of benzene rings is 1. The smallest absolute Gasteiger partial charge is 0.218 e. The van der Waals surface area contributed by atoms with Crippen LogP contribution in [-0.4, -0.2) is 36.5 Å². The standard InChI is InChI=1S/C14H21N5/c15-13(18-14(16)19-10-4-5-11-19)17-9-8-12-6-2-1-3-7-12/h1-3,6-7H,4-5,8-11H2,(H4,15,16,17,18). The summed E-state index contributed by atoms with van der Waals surface area (Å²) < 4.78 is 0. The SMILES string of the molecule is NC(=NCCc1ccccc1)N=C(N)N1CCCC1. The Hall–Kier alpha value is -2.04. The number of hydrogen-bond donors (Lipinski definition) is 2. The summed E-state index contributed by atoms with van der Waals surface area (Å²) in [6.45, 7) is 2.56. The molecule has 0 aromatic heterocycles. The molecule has 1 saturated heterocycles. The normalized spacial score (nSPS) is 16.9. The molecule has 1 aliphatic heterocycles. The molecule has 19 heavy (non-hydrogen) atoms. The van der Waals surface area contributed by atoms with Crippen LogP contribution in [-0.2, 0) is 6.42 Å². The van der Waals surface area contributed by atoms with Crippen molar-refractivity contribution < 1.29 is 0 Å². The highest BCUT2D eigenvalue weighted by Crippen LogP contribution is 2.06. The molecular formula is C14H21N5. The Kier molecular flexibility index (Phi) is 4.78. The molecule has 5 heteroatoms. The van der Waals surface area contributed by atoms with Crippen LogP contribution in [0, 0.1) is 0 Å². The molecule has 5 nitrogen and oxygen atoms in total. The molecule has 1 aromatic carbocycles. The minimum absolute atomic E-state index is 0.264. The number of likely N-dealkylation sites (tertiary alicyclic amines) is 1. The maximum atomic E-state index is 5.88. The summed E-state index contributed by atoms with van der Waals surface area (Å²) in [6, 6.07) is 10.2. The highest BCUT2D eigenvalue weighted by Gasteiger charge is 2.13. The van der Waals surface area contributed by atoms with Gasteiger partial charge in [-0.05, 0) is 24.8 Å². The molecule has 0 saturated carbocycles. The fourth-order valence-corrected chi connectivity index (χ4v) is 2.11. The quantitative estimate of drug-likeness (QED) is 0.626. The van der Waals surface area contributed by atoms with E-state index in [1.165, 1.54) is 18.4 Å². The van der Waals surface area contributed by atoms with E-state index in [1.807, 2.05) is 23.1 Å². The number of guanidine groups is 2. The second kappa shape index (κ2) is 6.78. The Morgan fingerprint density at radius 2 is 1.79 bits per heavy atom. The number of rotatable bonds is 3. The summed E-state index contributed by atoms with van der Waals surface area (Å²) in [5.74, 6) is 0.749. The first kappa shape index (κ1) is 13.4. The van der Waals surface area contributed by atoms with Crippen LogP contribution in [0.15, 0.2) is 40.3 Å². The largest absolute Gasteiger partial charge is 0.369 e. The molecule has 1 fully saturated rings. The van der Waals surface area contributed by atoms with Crippen molar-refractivity contribution in [2.75, 3.05) is 19.6 Å². The van der Waals surface area contributed by atoms with Gasteiger partial charge in [-0.25, -0.2) is 0 Å². The molecule has 0 aliphatic carbocycles. The lowest BCUT2D eigenvalue weighted by Crippen LogP contribution is -2.36. The van der Waals surface area contributed by atoms with E-state index in [0.717, 1.165) is 19.5 Å².